The molecular formula is C30H27F5N4O4S. The zero-order valence-electron chi connectivity index (χ0n) is 23.2. The molecular weight excluding hydrogens is 607 g/mol. The summed E-state index contributed by atoms with van der Waals surface area (Å²) >= 11 is 1.33. The number of aromatic nitrogens is 3. The minimum atomic E-state index is -4.47. The molecule has 2 heterocycles. The molecule has 4 aromatic rings. The van der Waals surface area contributed by atoms with Gasteiger partial charge in [-0.1, -0.05) is 25.1 Å². The van der Waals surface area contributed by atoms with E-state index in [-0.39, 0.29) is 41.8 Å². The summed E-state index contributed by atoms with van der Waals surface area (Å²) in [7, 11) is 0. The van der Waals surface area contributed by atoms with Gasteiger partial charge < -0.3 is 19.9 Å². The maximum Gasteiger partial charge on any atom is 0.416 e. The predicted octanol–water partition coefficient (Wildman–Crippen LogP) is 5.95. The van der Waals surface area contributed by atoms with Crippen LogP contribution in [0.25, 0.3) is 0 Å². The van der Waals surface area contributed by atoms with Crippen molar-refractivity contribution in [1.29, 1.82) is 0 Å². The summed E-state index contributed by atoms with van der Waals surface area (Å²) in [6.07, 6.45) is -2.51. The third-order valence-electron chi connectivity index (χ3n) is 7.12. The maximum atomic E-state index is 14.8. The number of ether oxygens (including phenoxy) is 2. The molecule has 0 saturated carbocycles. The summed E-state index contributed by atoms with van der Waals surface area (Å²) in [5.74, 6) is -2.14. The number of carbonyl (C=O) groups is 1. The van der Waals surface area contributed by atoms with E-state index < -0.39 is 46.4 Å². The number of thioether (sulfide) groups is 1. The highest BCUT2D eigenvalue weighted by Crippen LogP contribution is 2.39. The Morgan fingerprint density at radius 2 is 1.75 bits per heavy atom. The molecule has 1 amide bonds. The van der Waals surface area contributed by atoms with Crippen molar-refractivity contribution in [3.05, 3.63) is 113 Å². The zero-order chi connectivity index (χ0) is 31.5. The van der Waals surface area contributed by atoms with Crippen molar-refractivity contribution in [3.63, 3.8) is 0 Å². The Kier molecular flexibility index (Phi) is 9.34. The summed E-state index contributed by atoms with van der Waals surface area (Å²) in [6, 6.07) is 13.6. The van der Waals surface area contributed by atoms with Gasteiger partial charge in [-0.05, 0) is 42.5 Å². The highest BCUT2D eigenvalue weighted by molar-refractivity contribution is 8.00. The average molecular weight is 635 g/mol. The molecule has 1 aliphatic rings. The molecule has 0 aliphatic carbocycles. The predicted molar refractivity (Wildman–Crippen MR) is 152 cm³/mol. The first-order valence-corrected chi connectivity index (χ1v) is 14.3. The van der Waals surface area contributed by atoms with Crippen LogP contribution in [0.4, 0.5) is 27.6 Å². The number of anilines is 1. The number of halogens is 5. The minimum Gasteiger partial charge on any atom is -0.382 e. The van der Waals surface area contributed by atoms with Crippen molar-refractivity contribution >= 4 is 23.4 Å². The quantitative estimate of drug-likeness (QED) is 0.220. The Bertz CT molecular complexity index is 1560. The number of hydrogen-bond donors (Lipinski definition) is 2. The fourth-order valence-electron chi connectivity index (χ4n) is 4.73. The molecule has 1 saturated heterocycles. The molecule has 2 atom stereocenters. The van der Waals surface area contributed by atoms with Crippen molar-refractivity contribution in [2.24, 2.45) is 0 Å². The number of nitrogens with one attached hydrogen (secondary N) is 1. The van der Waals surface area contributed by atoms with Crippen LogP contribution in [0.3, 0.4) is 0 Å². The molecule has 0 spiro atoms. The number of nitrogens with zero attached hydrogens (tertiary/aromatic N) is 3. The second-order valence-corrected chi connectivity index (χ2v) is 11.8. The van der Waals surface area contributed by atoms with Gasteiger partial charge in [0.05, 0.1) is 30.6 Å². The summed E-state index contributed by atoms with van der Waals surface area (Å²) in [6.45, 7) is 2.08. The van der Waals surface area contributed by atoms with Gasteiger partial charge in [0.1, 0.15) is 29.9 Å². The van der Waals surface area contributed by atoms with Gasteiger partial charge in [-0.25, -0.2) is 18.4 Å². The van der Waals surface area contributed by atoms with E-state index in [2.05, 4.69) is 15.4 Å². The number of hydrogen-bond acceptors (Lipinski definition) is 7. The molecule has 0 bridgehead atoms. The Balaban J connectivity index is 1.18. The molecule has 1 aliphatic heterocycles. The monoisotopic (exact) mass is 634 g/mol. The van der Waals surface area contributed by atoms with E-state index in [0.29, 0.717) is 5.56 Å². The Labute approximate surface area is 253 Å². The van der Waals surface area contributed by atoms with Gasteiger partial charge in [-0.3, -0.25) is 4.79 Å². The van der Waals surface area contributed by atoms with Crippen molar-refractivity contribution in [3.8, 4) is 0 Å². The topological polar surface area (TPSA) is 98.5 Å². The third kappa shape index (κ3) is 7.26. The fraction of sp³-hybridized carbons (Fsp3) is 0.300. The smallest absolute Gasteiger partial charge is 0.382 e. The Hall–Kier alpha value is -3.85. The van der Waals surface area contributed by atoms with Crippen LogP contribution in [0.5, 0.6) is 0 Å². The molecule has 0 radical (unpaired) electrons. The third-order valence-corrected chi connectivity index (χ3v) is 8.57. The van der Waals surface area contributed by atoms with Gasteiger partial charge in [0.2, 0.25) is 0 Å². The lowest BCUT2D eigenvalue weighted by atomic mass is 9.90. The van der Waals surface area contributed by atoms with E-state index in [1.807, 2.05) is 0 Å². The summed E-state index contributed by atoms with van der Waals surface area (Å²) in [5, 5.41) is 17.5. The van der Waals surface area contributed by atoms with E-state index in [0.717, 1.165) is 24.3 Å². The molecule has 5 rings (SSSR count). The summed E-state index contributed by atoms with van der Waals surface area (Å²) in [5.41, 5.74) is -1.52. The van der Waals surface area contributed by atoms with Crippen LogP contribution in [-0.4, -0.2) is 49.5 Å². The molecule has 2 N–H and O–H groups in total. The van der Waals surface area contributed by atoms with Crippen molar-refractivity contribution in [2.75, 3.05) is 18.5 Å². The van der Waals surface area contributed by atoms with Gasteiger partial charge in [0.25, 0.3) is 5.91 Å². The van der Waals surface area contributed by atoms with Crippen LogP contribution in [0.15, 0.2) is 79.4 Å². The number of alkyl halides is 3. The van der Waals surface area contributed by atoms with Gasteiger partial charge in [0, 0.05) is 33.7 Å². The van der Waals surface area contributed by atoms with Crippen LogP contribution >= 0.6 is 11.8 Å². The van der Waals surface area contributed by atoms with E-state index in [4.69, 9.17) is 9.47 Å². The first-order valence-electron chi connectivity index (χ1n) is 13.4. The molecule has 14 heteroatoms. The first kappa shape index (κ1) is 31.6. The lowest BCUT2D eigenvalue weighted by Crippen LogP contribution is -2.43. The van der Waals surface area contributed by atoms with E-state index in [1.54, 1.807) is 31.2 Å². The lowest BCUT2D eigenvalue weighted by molar-refractivity contribution is -0.180. The molecule has 1 fully saturated rings. The molecule has 232 valence electrons. The average Bonchev–Trinajstić information content (AvgIpc) is 3.50. The normalized spacial score (nSPS) is 19.2. The SMILES string of the molecule is CC(SC1COC(c2ccc(C(=O)Nc3ccc(C(F)(F)F)cc3)cc2)OC1)C(O)(Cn1cncn1)c1ccc(F)cc1F. The zero-order valence-corrected chi connectivity index (χ0v) is 24.0. The van der Waals surface area contributed by atoms with Crippen LogP contribution in [-0.2, 0) is 27.8 Å². The van der Waals surface area contributed by atoms with Crippen molar-refractivity contribution in [1.82, 2.24) is 14.8 Å². The second kappa shape index (κ2) is 13.0. The molecule has 3 aromatic carbocycles. The van der Waals surface area contributed by atoms with Crippen molar-refractivity contribution < 1.29 is 41.3 Å². The first-order chi connectivity index (χ1) is 20.9. The van der Waals surface area contributed by atoms with Crippen LogP contribution in [0.2, 0.25) is 0 Å². The molecule has 44 heavy (non-hydrogen) atoms. The van der Waals surface area contributed by atoms with Gasteiger partial charge in [-0.2, -0.15) is 18.3 Å². The van der Waals surface area contributed by atoms with E-state index in [9.17, 15) is 31.9 Å². The summed E-state index contributed by atoms with van der Waals surface area (Å²) < 4.78 is 79.9. The van der Waals surface area contributed by atoms with Crippen LogP contribution < -0.4 is 5.32 Å². The number of amides is 1. The van der Waals surface area contributed by atoms with Crippen molar-refractivity contribution in [2.45, 2.75) is 42.0 Å². The summed E-state index contributed by atoms with van der Waals surface area (Å²) in [4.78, 5) is 16.5. The van der Waals surface area contributed by atoms with Gasteiger partial charge in [0.15, 0.2) is 6.29 Å². The largest absolute Gasteiger partial charge is 0.416 e. The number of rotatable bonds is 9. The minimum absolute atomic E-state index is 0.0765. The number of aliphatic hydroxyl groups is 1. The lowest BCUT2D eigenvalue weighted by Gasteiger charge is -2.37. The standard InChI is InChI=1S/C30H27F5N4O4S/c1-18(29(41,15-39-17-36-16-37-39)25-11-8-22(31)12-26(25)32)44-24-13-42-28(43-14-24)20-4-2-19(3-5-20)27(40)38-23-9-6-21(7-10-23)30(33,34)35/h2-12,16-18,24,28,41H,13-15H2,1H3,(H,38,40). The van der Waals surface area contributed by atoms with Crippen LogP contribution in [0, 0.1) is 11.6 Å². The van der Waals surface area contributed by atoms with Crippen LogP contribution in [0.1, 0.15) is 40.3 Å². The second-order valence-electron chi connectivity index (χ2n) is 10.2. The number of carbonyl (C=O) groups excluding carboxylic acids is 1. The molecule has 2 unspecified atom stereocenters. The van der Waals surface area contributed by atoms with Gasteiger partial charge >= 0.3 is 6.18 Å². The maximum absolute atomic E-state index is 14.8. The molecule has 1 aromatic heterocycles. The fourth-order valence-corrected chi connectivity index (χ4v) is 6.05. The molecule has 8 nitrogen and oxygen atoms in total. The highest BCUT2D eigenvalue weighted by Gasteiger charge is 2.41. The van der Waals surface area contributed by atoms with Gasteiger partial charge in [-0.15, -0.1) is 11.8 Å². The van der Waals surface area contributed by atoms with E-state index >= 15 is 0 Å². The van der Waals surface area contributed by atoms with E-state index in [1.165, 1.54) is 47.3 Å². The Morgan fingerprint density at radius 1 is 1.07 bits per heavy atom. The Morgan fingerprint density at radius 3 is 2.34 bits per heavy atom. The number of benzene rings is 3. The highest BCUT2D eigenvalue weighted by atomic mass is 32.2.